The van der Waals surface area contributed by atoms with E-state index in [9.17, 15) is 4.79 Å². The van der Waals surface area contributed by atoms with Crippen molar-refractivity contribution in [1.82, 2.24) is 10.2 Å². The Morgan fingerprint density at radius 1 is 1.47 bits per heavy atom. The molecule has 0 radical (unpaired) electrons. The van der Waals surface area contributed by atoms with E-state index < -0.39 is 5.37 Å². The summed E-state index contributed by atoms with van der Waals surface area (Å²) in [6.45, 7) is 7.39. The van der Waals surface area contributed by atoms with Gasteiger partial charge in [0.1, 0.15) is 0 Å². The molecule has 1 saturated heterocycles. The minimum atomic E-state index is -0.448. The van der Waals surface area contributed by atoms with Gasteiger partial charge in [0, 0.05) is 6.54 Å². The molecule has 0 saturated carbocycles. The second-order valence-corrected chi connectivity index (χ2v) is 5.54. The molecule has 0 aliphatic carbocycles. The lowest BCUT2D eigenvalue weighted by Gasteiger charge is -2.39. The van der Waals surface area contributed by atoms with Crippen molar-refractivity contribution < 1.29 is 4.79 Å². The molecule has 88 valence electrons. The quantitative estimate of drug-likeness (QED) is 0.598. The summed E-state index contributed by atoms with van der Waals surface area (Å²) in [7, 11) is 2.16. The minimum Gasteiger partial charge on any atom is -0.342 e. The van der Waals surface area contributed by atoms with Crippen LogP contribution in [0, 0.1) is 11.3 Å². The maximum absolute atomic E-state index is 10.7. The first-order valence-electron chi connectivity index (χ1n) is 5.54. The summed E-state index contributed by atoms with van der Waals surface area (Å²) < 4.78 is 0. The number of likely N-dealkylation sites (tertiary alicyclic amines) is 1. The van der Waals surface area contributed by atoms with Crippen LogP contribution in [0.1, 0.15) is 26.7 Å². The highest BCUT2D eigenvalue weighted by Crippen LogP contribution is 2.34. The molecule has 1 fully saturated rings. The molecule has 0 aromatic heterocycles. The lowest BCUT2D eigenvalue weighted by molar-refractivity contribution is 0.115. The molecule has 0 bridgehead atoms. The van der Waals surface area contributed by atoms with Gasteiger partial charge in [-0.15, -0.1) is 0 Å². The van der Waals surface area contributed by atoms with Crippen LogP contribution in [0.2, 0.25) is 0 Å². The van der Waals surface area contributed by atoms with Crippen LogP contribution in [-0.4, -0.2) is 36.9 Å². The minimum absolute atomic E-state index is 0.145. The van der Waals surface area contributed by atoms with Crippen molar-refractivity contribution in [2.24, 2.45) is 11.3 Å². The Kier molecular flexibility index (Phi) is 4.41. The summed E-state index contributed by atoms with van der Waals surface area (Å²) in [6.07, 6.45) is 2.42. The standard InChI is InChI=1S/C11H21ClN2O/c1-11(2,8-13-10(12)15)9-4-6-14(3)7-5-9/h9H,4-8H2,1-3H3,(H,13,15). The van der Waals surface area contributed by atoms with Gasteiger partial charge in [-0.25, -0.2) is 0 Å². The Morgan fingerprint density at radius 3 is 2.47 bits per heavy atom. The Morgan fingerprint density at radius 2 is 2.00 bits per heavy atom. The second-order valence-electron chi connectivity index (χ2n) is 5.19. The molecule has 0 aromatic rings. The molecule has 1 heterocycles. The van der Waals surface area contributed by atoms with E-state index in [1.54, 1.807) is 0 Å². The molecule has 15 heavy (non-hydrogen) atoms. The number of amides is 1. The number of hydrogen-bond acceptors (Lipinski definition) is 2. The summed E-state index contributed by atoms with van der Waals surface area (Å²) in [4.78, 5) is 13.0. The van der Waals surface area contributed by atoms with Crippen molar-refractivity contribution in [2.75, 3.05) is 26.7 Å². The lowest BCUT2D eigenvalue weighted by atomic mass is 9.73. The topological polar surface area (TPSA) is 32.3 Å². The smallest absolute Gasteiger partial charge is 0.313 e. The molecule has 3 nitrogen and oxygen atoms in total. The van der Waals surface area contributed by atoms with Crippen LogP contribution in [0.15, 0.2) is 0 Å². The molecule has 1 rings (SSSR count). The van der Waals surface area contributed by atoms with Gasteiger partial charge in [-0.2, -0.15) is 0 Å². The SMILES string of the molecule is CN1CCC(C(C)(C)CNC(=O)Cl)CC1. The van der Waals surface area contributed by atoms with E-state index in [-0.39, 0.29) is 5.41 Å². The van der Waals surface area contributed by atoms with Crippen LogP contribution in [0.5, 0.6) is 0 Å². The number of rotatable bonds is 3. The van der Waals surface area contributed by atoms with Crippen molar-refractivity contribution in [3.8, 4) is 0 Å². The Bertz CT molecular complexity index is 223. The average Bonchev–Trinajstić information content (AvgIpc) is 2.16. The first kappa shape index (κ1) is 12.8. The fourth-order valence-electron chi connectivity index (χ4n) is 2.23. The lowest BCUT2D eigenvalue weighted by Crippen LogP contribution is -2.42. The molecule has 0 atom stereocenters. The molecular formula is C11H21ClN2O. The summed E-state index contributed by atoms with van der Waals surface area (Å²) in [5.41, 5.74) is 0.145. The Labute approximate surface area is 97.2 Å². The highest BCUT2D eigenvalue weighted by molar-refractivity contribution is 6.62. The van der Waals surface area contributed by atoms with E-state index in [0.29, 0.717) is 12.5 Å². The van der Waals surface area contributed by atoms with Gasteiger partial charge in [-0.1, -0.05) is 13.8 Å². The van der Waals surface area contributed by atoms with Crippen LogP contribution in [0.4, 0.5) is 4.79 Å². The molecule has 0 aromatic carbocycles. The van der Waals surface area contributed by atoms with Crippen LogP contribution < -0.4 is 5.32 Å². The van der Waals surface area contributed by atoms with Gasteiger partial charge in [-0.3, -0.25) is 4.79 Å². The zero-order valence-corrected chi connectivity index (χ0v) is 10.6. The average molecular weight is 233 g/mol. The first-order chi connectivity index (χ1) is 6.92. The van der Waals surface area contributed by atoms with Gasteiger partial charge in [0.05, 0.1) is 0 Å². The van der Waals surface area contributed by atoms with E-state index in [0.717, 1.165) is 13.1 Å². The predicted octanol–water partition coefficient (Wildman–Crippen LogP) is 2.30. The molecule has 1 aliphatic heterocycles. The Hall–Kier alpha value is -0.280. The largest absolute Gasteiger partial charge is 0.342 e. The third-order valence-corrected chi connectivity index (χ3v) is 3.64. The van der Waals surface area contributed by atoms with Crippen LogP contribution >= 0.6 is 11.6 Å². The van der Waals surface area contributed by atoms with E-state index in [1.807, 2.05) is 0 Å². The summed E-state index contributed by atoms with van der Waals surface area (Å²) in [6, 6.07) is 0. The molecular weight excluding hydrogens is 212 g/mol. The van der Waals surface area contributed by atoms with E-state index in [1.165, 1.54) is 12.8 Å². The molecule has 1 aliphatic rings. The van der Waals surface area contributed by atoms with Crippen LogP contribution in [0.3, 0.4) is 0 Å². The maximum atomic E-state index is 10.7. The normalized spacial score (nSPS) is 20.3. The summed E-state index contributed by atoms with van der Waals surface area (Å²) in [5, 5.41) is 2.26. The number of carbonyl (C=O) groups is 1. The predicted molar refractivity (Wildman–Crippen MR) is 63.3 cm³/mol. The number of nitrogens with zero attached hydrogens (tertiary/aromatic N) is 1. The van der Waals surface area contributed by atoms with Gasteiger partial charge >= 0.3 is 5.37 Å². The maximum Gasteiger partial charge on any atom is 0.313 e. The number of piperidine rings is 1. The number of carbonyl (C=O) groups excluding carboxylic acids is 1. The van der Waals surface area contributed by atoms with E-state index >= 15 is 0 Å². The van der Waals surface area contributed by atoms with Gasteiger partial charge < -0.3 is 10.2 Å². The number of halogens is 1. The third-order valence-electron chi connectivity index (χ3n) is 3.51. The van der Waals surface area contributed by atoms with E-state index in [2.05, 4.69) is 31.1 Å². The summed E-state index contributed by atoms with van der Waals surface area (Å²) in [5.74, 6) is 0.678. The fraction of sp³-hybridized carbons (Fsp3) is 0.909. The van der Waals surface area contributed by atoms with Crippen molar-refractivity contribution in [1.29, 1.82) is 0 Å². The van der Waals surface area contributed by atoms with Crippen molar-refractivity contribution >= 4 is 17.0 Å². The van der Waals surface area contributed by atoms with Crippen molar-refractivity contribution in [2.45, 2.75) is 26.7 Å². The molecule has 0 unspecified atom stereocenters. The van der Waals surface area contributed by atoms with Gasteiger partial charge in [0.25, 0.3) is 0 Å². The monoisotopic (exact) mass is 232 g/mol. The number of hydrogen-bond donors (Lipinski definition) is 1. The first-order valence-corrected chi connectivity index (χ1v) is 5.91. The highest BCUT2D eigenvalue weighted by Gasteiger charge is 2.31. The van der Waals surface area contributed by atoms with Crippen molar-refractivity contribution in [3.05, 3.63) is 0 Å². The second kappa shape index (κ2) is 5.17. The molecule has 1 N–H and O–H groups in total. The van der Waals surface area contributed by atoms with Crippen LogP contribution in [-0.2, 0) is 0 Å². The highest BCUT2D eigenvalue weighted by atomic mass is 35.5. The molecule has 0 spiro atoms. The zero-order chi connectivity index (χ0) is 11.5. The van der Waals surface area contributed by atoms with Gasteiger partial charge in [0.15, 0.2) is 0 Å². The third kappa shape index (κ3) is 3.99. The zero-order valence-electron chi connectivity index (χ0n) is 9.85. The van der Waals surface area contributed by atoms with E-state index in [4.69, 9.17) is 11.6 Å². The van der Waals surface area contributed by atoms with Crippen LogP contribution in [0.25, 0.3) is 0 Å². The Balaban J connectivity index is 2.42. The van der Waals surface area contributed by atoms with Gasteiger partial charge in [0.2, 0.25) is 0 Å². The van der Waals surface area contributed by atoms with Gasteiger partial charge in [-0.05, 0) is 55.9 Å². The fourth-order valence-corrected chi connectivity index (χ4v) is 2.30. The molecule has 4 heteroatoms. The number of nitrogens with one attached hydrogen (secondary N) is 1. The molecule has 1 amide bonds. The van der Waals surface area contributed by atoms with Crippen molar-refractivity contribution in [3.63, 3.8) is 0 Å². The summed E-state index contributed by atoms with van der Waals surface area (Å²) >= 11 is 5.29.